The molecule has 3 rings (SSSR count). The predicted molar refractivity (Wildman–Crippen MR) is 94.4 cm³/mol. The number of nitrogens with zero attached hydrogens (tertiary/aromatic N) is 1. The Morgan fingerprint density at radius 3 is 2.64 bits per heavy atom. The van der Waals surface area contributed by atoms with Crippen LogP contribution in [0.2, 0.25) is 0 Å². The Morgan fingerprint density at radius 1 is 1.20 bits per heavy atom. The van der Waals surface area contributed by atoms with Gasteiger partial charge in [-0.05, 0) is 43.7 Å². The molecule has 134 valence electrons. The van der Waals surface area contributed by atoms with Gasteiger partial charge in [0.15, 0.2) is 0 Å². The van der Waals surface area contributed by atoms with Crippen LogP contribution in [-0.4, -0.2) is 33.2 Å². The minimum absolute atomic E-state index is 0.102. The van der Waals surface area contributed by atoms with Crippen LogP contribution in [-0.2, 0) is 11.3 Å². The molecule has 0 aliphatic heterocycles. The van der Waals surface area contributed by atoms with Crippen LogP contribution in [0, 0.1) is 5.92 Å². The van der Waals surface area contributed by atoms with Crippen molar-refractivity contribution < 1.29 is 9.90 Å². The summed E-state index contributed by atoms with van der Waals surface area (Å²) in [7, 11) is 0. The third-order valence-corrected chi connectivity index (χ3v) is 4.94. The number of aliphatic hydroxyl groups excluding tert-OH is 1. The molecule has 0 saturated heterocycles. The molecule has 7 nitrogen and oxygen atoms in total. The van der Waals surface area contributed by atoms with E-state index in [1.807, 2.05) is 0 Å². The van der Waals surface area contributed by atoms with E-state index in [2.05, 4.69) is 10.3 Å². The summed E-state index contributed by atoms with van der Waals surface area (Å²) in [6.45, 7) is 0.427. The second-order valence-corrected chi connectivity index (χ2v) is 6.65. The highest BCUT2D eigenvalue weighted by atomic mass is 16.3. The van der Waals surface area contributed by atoms with Gasteiger partial charge in [0.2, 0.25) is 5.91 Å². The van der Waals surface area contributed by atoms with Crippen LogP contribution in [0.15, 0.2) is 33.9 Å². The third-order valence-electron chi connectivity index (χ3n) is 4.94. The lowest BCUT2D eigenvalue weighted by Gasteiger charge is -2.28. The Bertz CT molecular complexity index is 862. The molecule has 3 N–H and O–H groups in total. The van der Waals surface area contributed by atoms with Crippen molar-refractivity contribution in [2.45, 2.75) is 44.7 Å². The molecule has 1 amide bonds. The fraction of sp³-hybridized carbons (Fsp3) is 0.500. The number of fused-ring (bicyclic) bond motifs is 1. The molecule has 1 aliphatic carbocycles. The fourth-order valence-corrected chi connectivity index (χ4v) is 3.47. The maximum atomic E-state index is 12.2. The Labute approximate surface area is 144 Å². The zero-order valence-corrected chi connectivity index (χ0v) is 14.0. The van der Waals surface area contributed by atoms with E-state index in [-0.39, 0.29) is 31.5 Å². The van der Waals surface area contributed by atoms with Gasteiger partial charge in [0.05, 0.1) is 10.9 Å². The normalized spacial score (nSPS) is 20.5. The molecule has 7 heteroatoms. The van der Waals surface area contributed by atoms with Crippen molar-refractivity contribution in [3.8, 4) is 0 Å². The van der Waals surface area contributed by atoms with Crippen molar-refractivity contribution in [2.24, 2.45) is 5.92 Å². The first kappa shape index (κ1) is 17.4. The zero-order chi connectivity index (χ0) is 17.8. The van der Waals surface area contributed by atoms with Crippen LogP contribution in [0.1, 0.15) is 32.1 Å². The molecule has 25 heavy (non-hydrogen) atoms. The van der Waals surface area contributed by atoms with E-state index in [1.165, 1.54) is 4.57 Å². The molecular formula is C18H23N3O4. The minimum atomic E-state index is -0.500. The van der Waals surface area contributed by atoms with Crippen LogP contribution in [0.25, 0.3) is 10.9 Å². The maximum absolute atomic E-state index is 12.2. The summed E-state index contributed by atoms with van der Waals surface area (Å²) < 4.78 is 1.43. The highest BCUT2D eigenvalue weighted by molar-refractivity contribution is 5.79. The number of benzene rings is 1. The Hall–Kier alpha value is -2.41. The van der Waals surface area contributed by atoms with Gasteiger partial charge >= 0.3 is 5.69 Å². The number of carbonyl (C=O) groups is 1. The summed E-state index contributed by atoms with van der Waals surface area (Å²) in [5.74, 6) is 0.244. The number of hydrogen-bond acceptors (Lipinski definition) is 4. The average molecular weight is 345 g/mol. The van der Waals surface area contributed by atoms with Gasteiger partial charge in [-0.1, -0.05) is 12.1 Å². The van der Waals surface area contributed by atoms with Gasteiger partial charge in [0.1, 0.15) is 0 Å². The molecule has 1 fully saturated rings. The van der Waals surface area contributed by atoms with Crippen LogP contribution >= 0.6 is 0 Å². The lowest BCUT2D eigenvalue weighted by atomic mass is 9.86. The van der Waals surface area contributed by atoms with Crippen LogP contribution < -0.4 is 16.6 Å². The van der Waals surface area contributed by atoms with E-state index < -0.39 is 11.2 Å². The molecule has 1 aliphatic rings. The summed E-state index contributed by atoms with van der Waals surface area (Å²) in [4.78, 5) is 38.4. The summed E-state index contributed by atoms with van der Waals surface area (Å²) in [5, 5.41) is 12.6. The summed E-state index contributed by atoms with van der Waals surface area (Å²) in [5.41, 5.74) is -0.380. The van der Waals surface area contributed by atoms with E-state index in [0.717, 1.165) is 25.7 Å². The van der Waals surface area contributed by atoms with Gasteiger partial charge in [0.25, 0.3) is 5.56 Å². The summed E-state index contributed by atoms with van der Waals surface area (Å²) >= 11 is 0. The Morgan fingerprint density at radius 2 is 1.92 bits per heavy atom. The van der Waals surface area contributed by atoms with E-state index in [1.54, 1.807) is 24.3 Å². The molecule has 1 aromatic carbocycles. The zero-order valence-electron chi connectivity index (χ0n) is 14.0. The molecule has 1 aromatic heterocycles. The SMILES string of the molecule is O=C(CCn1c(=O)[nH]c(=O)c2ccccc21)NC1CCC(CO)CC1. The Balaban J connectivity index is 1.64. The van der Waals surface area contributed by atoms with Crippen molar-refractivity contribution in [3.05, 3.63) is 45.1 Å². The smallest absolute Gasteiger partial charge is 0.328 e. The quantitative estimate of drug-likeness (QED) is 0.744. The monoisotopic (exact) mass is 345 g/mol. The average Bonchev–Trinajstić information content (AvgIpc) is 2.62. The number of rotatable bonds is 5. The van der Waals surface area contributed by atoms with E-state index in [0.29, 0.717) is 16.8 Å². The minimum Gasteiger partial charge on any atom is -0.396 e. The van der Waals surface area contributed by atoms with Gasteiger partial charge in [-0.2, -0.15) is 0 Å². The number of para-hydroxylation sites is 1. The van der Waals surface area contributed by atoms with Gasteiger partial charge in [-0.25, -0.2) is 4.79 Å². The van der Waals surface area contributed by atoms with Gasteiger partial charge in [-0.15, -0.1) is 0 Å². The van der Waals surface area contributed by atoms with E-state index >= 15 is 0 Å². The maximum Gasteiger partial charge on any atom is 0.328 e. The molecule has 1 heterocycles. The van der Waals surface area contributed by atoms with Crippen LogP contribution in [0.5, 0.6) is 0 Å². The largest absolute Gasteiger partial charge is 0.396 e. The van der Waals surface area contributed by atoms with Crippen LogP contribution in [0.4, 0.5) is 0 Å². The number of aryl methyl sites for hydroxylation is 1. The first-order valence-corrected chi connectivity index (χ1v) is 8.70. The lowest BCUT2D eigenvalue weighted by Crippen LogP contribution is -2.39. The number of H-pyrrole nitrogens is 1. The van der Waals surface area contributed by atoms with Crippen molar-refractivity contribution in [1.82, 2.24) is 14.9 Å². The van der Waals surface area contributed by atoms with Gasteiger partial charge in [0, 0.05) is 25.6 Å². The topological polar surface area (TPSA) is 104 Å². The third kappa shape index (κ3) is 3.99. The molecular weight excluding hydrogens is 322 g/mol. The van der Waals surface area contributed by atoms with Crippen molar-refractivity contribution in [3.63, 3.8) is 0 Å². The lowest BCUT2D eigenvalue weighted by molar-refractivity contribution is -0.122. The second-order valence-electron chi connectivity index (χ2n) is 6.65. The molecule has 1 saturated carbocycles. The number of aromatic nitrogens is 2. The second kappa shape index (κ2) is 7.65. The highest BCUT2D eigenvalue weighted by Gasteiger charge is 2.21. The van der Waals surface area contributed by atoms with Crippen molar-refractivity contribution in [1.29, 1.82) is 0 Å². The first-order valence-electron chi connectivity index (χ1n) is 8.70. The molecule has 0 unspecified atom stereocenters. The number of carbonyl (C=O) groups excluding carboxylic acids is 1. The van der Waals surface area contributed by atoms with E-state index in [4.69, 9.17) is 5.11 Å². The van der Waals surface area contributed by atoms with Crippen LogP contribution in [0.3, 0.4) is 0 Å². The molecule has 2 aromatic rings. The summed E-state index contributed by atoms with van der Waals surface area (Å²) in [6.07, 6.45) is 3.77. The number of aromatic amines is 1. The highest BCUT2D eigenvalue weighted by Crippen LogP contribution is 2.23. The van der Waals surface area contributed by atoms with E-state index in [9.17, 15) is 14.4 Å². The molecule has 0 atom stereocenters. The number of hydrogen-bond donors (Lipinski definition) is 3. The van der Waals surface area contributed by atoms with Gasteiger partial charge < -0.3 is 10.4 Å². The van der Waals surface area contributed by atoms with Gasteiger partial charge in [-0.3, -0.25) is 19.1 Å². The number of nitrogens with one attached hydrogen (secondary N) is 2. The number of aliphatic hydroxyl groups is 1. The standard InChI is InChI=1S/C18H23N3O4/c22-11-12-5-7-13(8-6-12)19-16(23)9-10-21-15-4-2-1-3-14(15)17(24)20-18(21)25/h1-4,12-13,22H,5-11H2,(H,19,23)(H,20,24,25). The molecule has 0 spiro atoms. The Kier molecular flexibility index (Phi) is 5.33. The fourth-order valence-electron chi connectivity index (χ4n) is 3.47. The predicted octanol–water partition coefficient (Wildman–Crippen LogP) is 0.747. The van der Waals surface area contributed by atoms with Crippen molar-refractivity contribution in [2.75, 3.05) is 6.61 Å². The van der Waals surface area contributed by atoms with Crippen molar-refractivity contribution >= 4 is 16.8 Å². The molecule has 0 bridgehead atoms. The molecule has 0 radical (unpaired) electrons. The first-order chi connectivity index (χ1) is 12.1. The summed E-state index contributed by atoms with van der Waals surface area (Å²) in [6, 6.07) is 7.00. The number of amides is 1.